The van der Waals surface area contributed by atoms with Gasteiger partial charge in [0.1, 0.15) is 5.69 Å². The average Bonchev–Trinajstić information content (AvgIpc) is 3.14. The molecule has 4 aromatic heterocycles. The summed E-state index contributed by atoms with van der Waals surface area (Å²) in [6, 6.07) is 17.7. The topological polar surface area (TPSA) is 43.1 Å². The van der Waals surface area contributed by atoms with Gasteiger partial charge in [0.25, 0.3) is 0 Å². The van der Waals surface area contributed by atoms with E-state index in [9.17, 15) is 0 Å². The first-order valence-corrected chi connectivity index (χ1v) is 10.1. The number of pyridine rings is 3. The maximum Gasteiger partial charge on any atom is 0.120 e. The van der Waals surface area contributed by atoms with Crippen LogP contribution in [0.5, 0.6) is 0 Å². The molecule has 0 unspecified atom stereocenters. The summed E-state index contributed by atoms with van der Waals surface area (Å²) in [6.07, 6.45) is 4.59. The number of hydrogen-bond acceptors (Lipinski definition) is 3. The van der Waals surface area contributed by atoms with Crippen LogP contribution in [-0.4, -0.2) is 19.6 Å². The zero-order valence-corrected chi connectivity index (χ0v) is 17.1. The van der Waals surface area contributed by atoms with Gasteiger partial charge in [0.15, 0.2) is 0 Å². The van der Waals surface area contributed by atoms with Gasteiger partial charge in [-0.1, -0.05) is 42.3 Å². The molecule has 6 heteroatoms. The Morgan fingerprint density at radius 2 is 1.83 bits per heavy atom. The maximum absolute atomic E-state index is 6.34. The van der Waals surface area contributed by atoms with Gasteiger partial charge in [0.2, 0.25) is 0 Å². The van der Waals surface area contributed by atoms with Gasteiger partial charge in [-0.15, -0.1) is 0 Å². The molecule has 1 aromatic carbocycles. The summed E-state index contributed by atoms with van der Waals surface area (Å²) in [5.41, 5.74) is 6.46. The summed E-state index contributed by atoms with van der Waals surface area (Å²) in [5, 5.41) is 6.77. The first kappa shape index (κ1) is 18.1. The van der Waals surface area contributed by atoms with Crippen LogP contribution in [0.15, 0.2) is 67.0 Å². The molecule has 0 aliphatic carbocycles. The van der Waals surface area contributed by atoms with E-state index in [4.69, 9.17) is 33.3 Å². The second kappa shape index (κ2) is 7.14. The fourth-order valence-corrected chi connectivity index (χ4v) is 3.93. The second-order valence-electron chi connectivity index (χ2n) is 6.76. The third-order valence-electron chi connectivity index (χ3n) is 5.00. The van der Waals surface area contributed by atoms with E-state index in [2.05, 4.69) is 18.0 Å². The summed E-state index contributed by atoms with van der Waals surface area (Å²) < 4.78 is 1.88. The van der Waals surface area contributed by atoms with Crippen molar-refractivity contribution in [3.05, 3.63) is 82.7 Å². The Bertz CT molecular complexity index is 1370. The molecule has 0 spiro atoms. The van der Waals surface area contributed by atoms with Crippen molar-refractivity contribution in [1.82, 2.24) is 19.6 Å². The van der Waals surface area contributed by atoms with Crippen molar-refractivity contribution in [3.8, 4) is 22.5 Å². The van der Waals surface area contributed by atoms with Crippen LogP contribution >= 0.6 is 23.2 Å². The Labute approximate surface area is 177 Å². The smallest absolute Gasteiger partial charge is 0.120 e. The molecule has 4 nitrogen and oxygen atoms in total. The van der Waals surface area contributed by atoms with Crippen LogP contribution in [0.25, 0.3) is 38.9 Å². The van der Waals surface area contributed by atoms with Gasteiger partial charge in [-0.25, -0.2) is 4.52 Å². The lowest BCUT2D eigenvalue weighted by molar-refractivity contribution is 0.957. The van der Waals surface area contributed by atoms with Gasteiger partial charge in [0, 0.05) is 29.0 Å². The number of aryl methyl sites for hydroxylation is 1. The van der Waals surface area contributed by atoms with Gasteiger partial charge in [-0.05, 0) is 54.4 Å². The predicted molar refractivity (Wildman–Crippen MR) is 119 cm³/mol. The molecular weight excluding hydrogens is 403 g/mol. The first-order chi connectivity index (χ1) is 14.2. The van der Waals surface area contributed by atoms with Crippen molar-refractivity contribution < 1.29 is 0 Å². The van der Waals surface area contributed by atoms with Gasteiger partial charge >= 0.3 is 0 Å². The van der Waals surface area contributed by atoms with Crippen molar-refractivity contribution in [2.45, 2.75) is 13.3 Å². The van der Waals surface area contributed by atoms with E-state index in [0.717, 1.165) is 51.0 Å². The molecule has 0 saturated heterocycles. The standard InChI is InChI=1S/C23H16Cl2N4/c1-2-14-6-5-7-19(27-14)23-22(21-8-3-4-11-29(21)28-23)15-9-10-26-20-13-18(25)17(24)12-16(15)20/h3-13H,2H2,1H3. The van der Waals surface area contributed by atoms with Crippen molar-refractivity contribution in [1.29, 1.82) is 0 Å². The quantitative estimate of drug-likeness (QED) is 0.336. The molecule has 0 atom stereocenters. The summed E-state index contributed by atoms with van der Waals surface area (Å²) in [6.45, 7) is 2.10. The molecule has 0 fully saturated rings. The van der Waals surface area contributed by atoms with Crippen LogP contribution < -0.4 is 0 Å². The van der Waals surface area contributed by atoms with Crippen LogP contribution in [0.2, 0.25) is 10.0 Å². The zero-order valence-electron chi connectivity index (χ0n) is 15.6. The second-order valence-corrected chi connectivity index (χ2v) is 7.58. The zero-order chi connectivity index (χ0) is 20.0. The number of aromatic nitrogens is 4. The summed E-state index contributed by atoms with van der Waals surface area (Å²) in [4.78, 5) is 9.29. The van der Waals surface area contributed by atoms with Crippen molar-refractivity contribution in [2.24, 2.45) is 0 Å². The SMILES string of the molecule is CCc1cccc(-c2nn3ccccc3c2-c2ccnc3cc(Cl)c(Cl)cc23)n1. The Morgan fingerprint density at radius 3 is 2.69 bits per heavy atom. The van der Waals surface area contributed by atoms with Crippen LogP contribution in [-0.2, 0) is 6.42 Å². The summed E-state index contributed by atoms with van der Waals surface area (Å²) >= 11 is 12.6. The molecule has 0 aliphatic rings. The van der Waals surface area contributed by atoms with E-state index < -0.39 is 0 Å². The summed E-state index contributed by atoms with van der Waals surface area (Å²) in [5.74, 6) is 0. The molecule has 0 N–H and O–H groups in total. The molecule has 0 aliphatic heterocycles. The summed E-state index contributed by atoms with van der Waals surface area (Å²) in [7, 11) is 0. The van der Waals surface area contributed by atoms with E-state index >= 15 is 0 Å². The minimum Gasteiger partial charge on any atom is -0.256 e. The molecule has 0 bridgehead atoms. The number of fused-ring (bicyclic) bond motifs is 2. The van der Waals surface area contributed by atoms with Crippen molar-refractivity contribution >= 4 is 39.6 Å². The minimum absolute atomic E-state index is 0.487. The van der Waals surface area contributed by atoms with Crippen LogP contribution in [0.3, 0.4) is 0 Å². The van der Waals surface area contributed by atoms with Gasteiger partial charge in [-0.2, -0.15) is 5.10 Å². The van der Waals surface area contributed by atoms with Crippen molar-refractivity contribution in [3.63, 3.8) is 0 Å². The van der Waals surface area contributed by atoms with Gasteiger partial charge in [-0.3, -0.25) is 9.97 Å². The number of rotatable bonds is 3. The number of hydrogen-bond donors (Lipinski definition) is 0. The first-order valence-electron chi connectivity index (χ1n) is 9.33. The van der Waals surface area contributed by atoms with E-state index in [1.165, 1.54) is 0 Å². The molecule has 0 radical (unpaired) electrons. The van der Waals surface area contributed by atoms with Crippen LogP contribution in [0.4, 0.5) is 0 Å². The number of halogens is 2. The largest absolute Gasteiger partial charge is 0.256 e. The predicted octanol–water partition coefficient (Wildman–Crippen LogP) is 6.48. The lowest BCUT2D eigenvalue weighted by Gasteiger charge is -2.09. The molecule has 5 rings (SSSR count). The Morgan fingerprint density at radius 1 is 0.966 bits per heavy atom. The van der Waals surface area contributed by atoms with Crippen molar-refractivity contribution in [2.75, 3.05) is 0 Å². The molecule has 0 saturated carbocycles. The number of benzene rings is 1. The van der Waals surface area contributed by atoms with E-state index in [1.807, 2.05) is 53.2 Å². The van der Waals surface area contributed by atoms with Gasteiger partial charge in [0.05, 0.1) is 26.8 Å². The highest BCUT2D eigenvalue weighted by atomic mass is 35.5. The molecule has 5 aromatic rings. The highest BCUT2D eigenvalue weighted by molar-refractivity contribution is 6.43. The fraction of sp³-hybridized carbons (Fsp3) is 0.0870. The van der Waals surface area contributed by atoms with E-state index in [-0.39, 0.29) is 0 Å². The molecular formula is C23H16Cl2N4. The lowest BCUT2D eigenvalue weighted by Crippen LogP contribution is -1.93. The molecule has 29 heavy (non-hydrogen) atoms. The highest BCUT2D eigenvalue weighted by Gasteiger charge is 2.20. The Kier molecular flexibility index (Phi) is 4.46. The van der Waals surface area contributed by atoms with Crippen LogP contribution in [0, 0.1) is 0 Å². The van der Waals surface area contributed by atoms with Crippen LogP contribution in [0.1, 0.15) is 12.6 Å². The lowest BCUT2D eigenvalue weighted by atomic mass is 9.98. The van der Waals surface area contributed by atoms with Gasteiger partial charge < -0.3 is 0 Å². The minimum atomic E-state index is 0.487. The monoisotopic (exact) mass is 418 g/mol. The Balaban J connectivity index is 1.88. The molecule has 4 heterocycles. The average molecular weight is 419 g/mol. The molecule has 142 valence electrons. The fourth-order valence-electron chi connectivity index (χ4n) is 3.61. The Hall–Kier alpha value is -2.95. The third-order valence-corrected chi connectivity index (χ3v) is 5.73. The normalized spacial score (nSPS) is 11.4. The van der Waals surface area contributed by atoms with E-state index in [0.29, 0.717) is 10.0 Å². The third kappa shape index (κ3) is 3.05. The highest BCUT2D eigenvalue weighted by Crippen LogP contribution is 2.39. The van der Waals surface area contributed by atoms with E-state index in [1.54, 1.807) is 12.3 Å². The number of nitrogens with zero attached hydrogens (tertiary/aromatic N) is 4. The molecule has 0 amide bonds. The maximum atomic E-state index is 6.34.